The fourth-order valence-corrected chi connectivity index (χ4v) is 2.30. The molecule has 2 amide bonds. The Bertz CT molecular complexity index is 504. The van der Waals surface area contributed by atoms with Crippen LogP contribution in [-0.4, -0.2) is 18.4 Å². The van der Waals surface area contributed by atoms with Crippen molar-refractivity contribution in [3.8, 4) is 0 Å². The molecule has 1 aromatic rings. The first-order chi connectivity index (χ1) is 10.1. The Kier molecular flexibility index (Phi) is 4.99. The molecule has 0 bridgehead atoms. The van der Waals surface area contributed by atoms with Gasteiger partial charge in [-0.2, -0.15) is 0 Å². The molecule has 1 aliphatic carbocycles. The molecular formula is C17H24N2O2. The van der Waals surface area contributed by atoms with Crippen molar-refractivity contribution < 1.29 is 9.59 Å². The van der Waals surface area contributed by atoms with Crippen molar-refractivity contribution in [1.82, 2.24) is 5.32 Å². The van der Waals surface area contributed by atoms with Crippen molar-refractivity contribution in [2.45, 2.75) is 46.0 Å². The Morgan fingerprint density at radius 2 is 1.76 bits per heavy atom. The fourth-order valence-electron chi connectivity index (χ4n) is 2.30. The predicted octanol–water partition coefficient (Wildman–Crippen LogP) is 2.88. The van der Waals surface area contributed by atoms with E-state index in [4.69, 9.17) is 0 Å². The summed E-state index contributed by atoms with van der Waals surface area (Å²) >= 11 is 0. The van der Waals surface area contributed by atoms with E-state index in [1.54, 1.807) is 0 Å². The van der Waals surface area contributed by atoms with Crippen molar-refractivity contribution in [3.05, 3.63) is 29.8 Å². The molecule has 1 fully saturated rings. The number of hydrogen-bond donors (Lipinski definition) is 2. The van der Waals surface area contributed by atoms with Crippen LogP contribution in [0.2, 0.25) is 0 Å². The topological polar surface area (TPSA) is 58.2 Å². The van der Waals surface area contributed by atoms with Gasteiger partial charge in [-0.05, 0) is 43.4 Å². The molecule has 2 N–H and O–H groups in total. The van der Waals surface area contributed by atoms with Crippen molar-refractivity contribution >= 4 is 17.5 Å². The van der Waals surface area contributed by atoms with Gasteiger partial charge in [-0.1, -0.05) is 32.4 Å². The molecule has 0 aromatic heterocycles. The maximum Gasteiger partial charge on any atom is 0.240 e. The highest BCUT2D eigenvalue weighted by molar-refractivity contribution is 6.13. The summed E-state index contributed by atoms with van der Waals surface area (Å²) < 4.78 is 0. The van der Waals surface area contributed by atoms with Gasteiger partial charge in [0.15, 0.2) is 0 Å². The van der Waals surface area contributed by atoms with Crippen LogP contribution >= 0.6 is 0 Å². The quantitative estimate of drug-likeness (QED) is 0.598. The second-order valence-corrected chi connectivity index (χ2v) is 5.70. The van der Waals surface area contributed by atoms with E-state index in [-0.39, 0.29) is 11.8 Å². The number of carbonyl (C=O) groups excluding carboxylic acids is 2. The first kappa shape index (κ1) is 15.5. The maximum atomic E-state index is 12.4. The fraction of sp³-hybridized carbons (Fsp3) is 0.529. The van der Waals surface area contributed by atoms with E-state index in [9.17, 15) is 9.59 Å². The van der Waals surface area contributed by atoms with E-state index in [1.165, 1.54) is 5.56 Å². The Morgan fingerprint density at radius 3 is 2.29 bits per heavy atom. The van der Waals surface area contributed by atoms with Crippen LogP contribution in [0.1, 0.15) is 45.1 Å². The zero-order valence-corrected chi connectivity index (χ0v) is 12.9. The summed E-state index contributed by atoms with van der Waals surface area (Å²) in [4.78, 5) is 24.5. The molecule has 1 aromatic carbocycles. The predicted molar refractivity (Wildman–Crippen MR) is 84.0 cm³/mol. The number of aryl methyl sites for hydroxylation is 1. The zero-order valence-electron chi connectivity index (χ0n) is 12.9. The van der Waals surface area contributed by atoms with Crippen molar-refractivity contribution in [2.24, 2.45) is 5.41 Å². The summed E-state index contributed by atoms with van der Waals surface area (Å²) in [6.45, 7) is 4.81. The van der Waals surface area contributed by atoms with Gasteiger partial charge < -0.3 is 10.6 Å². The molecule has 0 heterocycles. The molecule has 21 heavy (non-hydrogen) atoms. The minimum atomic E-state index is -0.836. The largest absolute Gasteiger partial charge is 0.355 e. The minimum absolute atomic E-state index is 0.126. The van der Waals surface area contributed by atoms with Gasteiger partial charge in [0.1, 0.15) is 5.41 Å². The minimum Gasteiger partial charge on any atom is -0.355 e. The Hall–Kier alpha value is -1.84. The Balaban J connectivity index is 1.93. The molecular weight excluding hydrogens is 264 g/mol. The highest BCUT2D eigenvalue weighted by Crippen LogP contribution is 2.46. The summed E-state index contributed by atoms with van der Waals surface area (Å²) in [5.41, 5.74) is 1.15. The van der Waals surface area contributed by atoms with Crippen LogP contribution in [0.15, 0.2) is 24.3 Å². The highest BCUT2D eigenvalue weighted by atomic mass is 16.2. The van der Waals surface area contributed by atoms with Crippen molar-refractivity contribution in [2.75, 3.05) is 11.9 Å². The van der Waals surface area contributed by atoms with Crippen LogP contribution < -0.4 is 10.6 Å². The summed E-state index contributed by atoms with van der Waals surface area (Å²) in [6, 6.07) is 7.77. The van der Waals surface area contributed by atoms with Gasteiger partial charge in [-0.25, -0.2) is 0 Å². The van der Waals surface area contributed by atoms with E-state index >= 15 is 0 Å². The molecule has 1 saturated carbocycles. The third-order valence-electron chi connectivity index (χ3n) is 4.06. The SMILES string of the molecule is CCCCNC(=O)C1(C(=O)Nc2ccc(CC)cc2)CC1. The Labute approximate surface area is 126 Å². The van der Waals surface area contributed by atoms with Gasteiger partial charge in [0.2, 0.25) is 11.8 Å². The van der Waals surface area contributed by atoms with Crippen LogP contribution in [0.4, 0.5) is 5.69 Å². The lowest BCUT2D eigenvalue weighted by atomic mass is 10.0. The first-order valence-corrected chi connectivity index (χ1v) is 7.81. The van der Waals surface area contributed by atoms with E-state index < -0.39 is 5.41 Å². The van der Waals surface area contributed by atoms with Gasteiger partial charge in [0.05, 0.1) is 0 Å². The van der Waals surface area contributed by atoms with Crippen molar-refractivity contribution in [3.63, 3.8) is 0 Å². The maximum absolute atomic E-state index is 12.4. The third kappa shape index (κ3) is 3.63. The van der Waals surface area contributed by atoms with Crippen LogP contribution in [0.3, 0.4) is 0 Å². The number of carbonyl (C=O) groups is 2. The van der Waals surface area contributed by atoms with E-state index in [2.05, 4.69) is 24.5 Å². The molecule has 4 heteroatoms. The first-order valence-electron chi connectivity index (χ1n) is 7.81. The summed E-state index contributed by atoms with van der Waals surface area (Å²) in [5, 5.41) is 5.74. The van der Waals surface area contributed by atoms with E-state index in [0.29, 0.717) is 19.4 Å². The van der Waals surface area contributed by atoms with Crippen LogP contribution in [0.5, 0.6) is 0 Å². The second kappa shape index (κ2) is 6.74. The average Bonchev–Trinajstić information content (AvgIpc) is 3.30. The van der Waals surface area contributed by atoms with E-state index in [1.807, 2.05) is 24.3 Å². The highest BCUT2D eigenvalue weighted by Gasteiger charge is 2.56. The third-order valence-corrected chi connectivity index (χ3v) is 4.06. The smallest absolute Gasteiger partial charge is 0.240 e. The zero-order chi connectivity index (χ0) is 15.3. The molecule has 2 rings (SSSR count). The van der Waals surface area contributed by atoms with E-state index in [0.717, 1.165) is 24.9 Å². The van der Waals surface area contributed by atoms with Gasteiger partial charge in [0.25, 0.3) is 0 Å². The number of unbranched alkanes of at least 4 members (excludes halogenated alkanes) is 1. The molecule has 0 unspecified atom stereocenters. The number of anilines is 1. The molecule has 114 valence electrons. The van der Waals surface area contributed by atoms with Crippen LogP contribution in [-0.2, 0) is 16.0 Å². The molecule has 1 aliphatic rings. The summed E-state index contributed by atoms with van der Waals surface area (Å²) in [5.74, 6) is -0.306. The summed E-state index contributed by atoms with van der Waals surface area (Å²) in [7, 11) is 0. The van der Waals surface area contributed by atoms with Crippen molar-refractivity contribution in [1.29, 1.82) is 0 Å². The average molecular weight is 288 g/mol. The van der Waals surface area contributed by atoms with Gasteiger partial charge in [0, 0.05) is 12.2 Å². The molecule has 0 saturated heterocycles. The second-order valence-electron chi connectivity index (χ2n) is 5.70. The van der Waals surface area contributed by atoms with Gasteiger partial charge in [-0.3, -0.25) is 9.59 Å². The lowest BCUT2D eigenvalue weighted by molar-refractivity contribution is -0.134. The van der Waals surface area contributed by atoms with Crippen LogP contribution in [0, 0.1) is 5.41 Å². The number of benzene rings is 1. The molecule has 0 aliphatic heterocycles. The molecule has 4 nitrogen and oxygen atoms in total. The number of amides is 2. The Morgan fingerprint density at radius 1 is 1.10 bits per heavy atom. The number of rotatable bonds is 7. The number of hydrogen-bond acceptors (Lipinski definition) is 2. The standard InChI is InChI=1S/C17H24N2O2/c1-3-5-12-18-15(20)17(10-11-17)16(21)19-14-8-6-13(4-2)7-9-14/h6-9H,3-5,10-12H2,1-2H3,(H,18,20)(H,19,21). The lowest BCUT2D eigenvalue weighted by Gasteiger charge is -2.15. The molecule has 0 radical (unpaired) electrons. The number of nitrogens with one attached hydrogen (secondary N) is 2. The van der Waals surface area contributed by atoms with Crippen LogP contribution in [0.25, 0.3) is 0 Å². The molecule has 0 spiro atoms. The summed E-state index contributed by atoms with van der Waals surface area (Å²) in [6.07, 6.45) is 4.23. The van der Waals surface area contributed by atoms with Gasteiger partial charge in [-0.15, -0.1) is 0 Å². The normalized spacial score (nSPS) is 15.3. The van der Waals surface area contributed by atoms with Gasteiger partial charge >= 0.3 is 0 Å². The monoisotopic (exact) mass is 288 g/mol. The molecule has 0 atom stereocenters. The lowest BCUT2D eigenvalue weighted by Crippen LogP contribution is -2.40.